The van der Waals surface area contributed by atoms with E-state index < -0.39 is 17.7 Å². The molecule has 23 heavy (non-hydrogen) atoms. The lowest BCUT2D eigenvalue weighted by atomic mass is 9.94. The van der Waals surface area contributed by atoms with E-state index in [4.69, 9.17) is 0 Å². The first-order valence-corrected chi connectivity index (χ1v) is 8.14. The van der Waals surface area contributed by atoms with Crippen LogP contribution in [-0.4, -0.2) is 41.3 Å². The van der Waals surface area contributed by atoms with Crippen molar-refractivity contribution in [3.63, 3.8) is 0 Å². The highest BCUT2D eigenvalue weighted by molar-refractivity contribution is 5.75. The summed E-state index contributed by atoms with van der Waals surface area (Å²) in [5, 5.41) is 12.5. The number of benzene rings is 1. The summed E-state index contributed by atoms with van der Waals surface area (Å²) >= 11 is 0. The van der Waals surface area contributed by atoms with Crippen molar-refractivity contribution in [2.75, 3.05) is 13.1 Å². The molecule has 2 amide bonds. The topological polar surface area (TPSA) is 52.6 Å². The number of urea groups is 1. The molecular weight excluding hydrogens is 302 g/mol. The van der Waals surface area contributed by atoms with Gasteiger partial charge in [0, 0.05) is 36.5 Å². The summed E-state index contributed by atoms with van der Waals surface area (Å²) < 4.78 is 27.5. The molecule has 1 aromatic rings. The van der Waals surface area contributed by atoms with E-state index in [0.29, 0.717) is 19.5 Å². The number of amides is 2. The maximum Gasteiger partial charge on any atom is 0.317 e. The summed E-state index contributed by atoms with van der Waals surface area (Å²) in [5.41, 5.74) is 0.0679. The Morgan fingerprint density at radius 1 is 1.39 bits per heavy atom. The molecule has 0 bridgehead atoms. The van der Waals surface area contributed by atoms with Crippen LogP contribution in [0, 0.1) is 17.6 Å². The zero-order valence-corrected chi connectivity index (χ0v) is 13.1. The molecule has 1 aromatic carbocycles. The second-order valence-electron chi connectivity index (χ2n) is 6.62. The zero-order valence-electron chi connectivity index (χ0n) is 13.1. The molecule has 0 spiro atoms. The number of hydrogen-bond donors (Lipinski definition) is 2. The molecular formula is C17H22F2N2O2. The fourth-order valence-electron chi connectivity index (χ4n) is 3.38. The molecule has 3 rings (SSSR count). The Balaban J connectivity index is 1.58. The molecule has 2 aliphatic rings. The van der Waals surface area contributed by atoms with Crippen LogP contribution in [0.2, 0.25) is 0 Å². The lowest BCUT2D eigenvalue weighted by Gasteiger charge is -2.34. The Kier molecular flexibility index (Phi) is 4.53. The molecule has 4 nitrogen and oxygen atoms in total. The van der Waals surface area contributed by atoms with Crippen molar-refractivity contribution in [2.24, 2.45) is 5.92 Å². The Morgan fingerprint density at radius 3 is 2.74 bits per heavy atom. The van der Waals surface area contributed by atoms with E-state index >= 15 is 0 Å². The Hall–Kier alpha value is -1.69. The molecule has 2 N–H and O–H groups in total. The number of rotatable bonds is 3. The first kappa shape index (κ1) is 16.2. The first-order chi connectivity index (χ1) is 11.0. The van der Waals surface area contributed by atoms with Crippen molar-refractivity contribution in [3.8, 4) is 0 Å². The van der Waals surface area contributed by atoms with Gasteiger partial charge in [0.05, 0.1) is 6.10 Å². The van der Waals surface area contributed by atoms with E-state index in [1.807, 2.05) is 0 Å². The lowest BCUT2D eigenvalue weighted by molar-refractivity contribution is 0.0738. The minimum absolute atomic E-state index is 0.0679. The predicted molar refractivity (Wildman–Crippen MR) is 82.0 cm³/mol. The fourth-order valence-corrected chi connectivity index (χ4v) is 3.38. The molecule has 0 radical (unpaired) electrons. The van der Waals surface area contributed by atoms with Crippen molar-refractivity contribution in [1.29, 1.82) is 0 Å². The summed E-state index contributed by atoms with van der Waals surface area (Å²) in [5.74, 6) is -1.32. The molecule has 1 heterocycles. The van der Waals surface area contributed by atoms with Gasteiger partial charge in [-0.2, -0.15) is 0 Å². The molecule has 0 aromatic heterocycles. The third kappa shape index (κ3) is 3.47. The van der Waals surface area contributed by atoms with Gasteiger partial charge in [0.2, 0.25) is 0 Å². The van der Waals surface area contributed by atoms with E-state index in [0.717, 1.165) is 12.8 Å². The number of nitrogens with one attached hydrogen (secondary N) is 1. The van der Waals surface area contributed by atoms with E-state index in [1.54, 1.807) is 11.8 Å². The van der Waals surface area contributed by atoms with Crippen molar-refractivity contribution in [1.82, 2.24) is 10.2 Å². The molecule has 1 saturated heterocycles. The Morgan fingerprint density at radius 2 is 2.09 bits per heavy atom. The van der Waals surface area contributed by atoms with Gasteiger partial charge in [0.1, 0.15) is 11.6 Å². The van der Waals surface area contributed by atoms with Crippen LogP contribution in [0.1, 0.15) is 37.7 Å². The molecule has 4 unspecified atom stereocenters. The molecule has 1 saturated carbocycles. The number of halogens is 2. The number of carbonyl (C=O) groups excluding carboxylic acids is 1. The summed E-state index contributed by atoms with van der Waals surface area (Å²) in [6, 6.07) is 3.40. The monoisotopic (exact) mass is 324 g/mol. The Bertz CT molecular complexity index is 574. The first-order valence-electron chi connectivity index (χ1n) is 8.14. The van der Waals surface area contributed by atoms with Gasteiger partial charge < -0.3 is 15.3 Å². The Labute approximate surface area is 134 Å². The van der Waals surface area contributed by atoms with E-state index in [2.05, 4.69) is 5.32 Å². The quantitative estimate of drug-likeness (QED) is 0.898. The van der Waals surface area contributed by atoms with Crippen molar-refractivity contribution in [2.45, 2.75) is 44.2 Å². The summed E-state index contributed by atoms with van der Waals surface area (Å²) in [6.45, 7) is 2.92. The average Bonchev–Trinajstić information content (AvgIpc) is 3.26. The predicted octanol–water partition coefficient (Wildman–Crippen LogP) is 2.62. The number of piperidine rings is 1. The van der Waals surface area contributed by atoms with Gasteiger partial charge in [-0.05, 0) is 38.3 Å². The van der Waals surface area contributed by atoms with Crippen LogP contribution in [0.3, 0.4) is 0 Å². The molecule has 6 heteroatoms. The summed E-state index contributed by atoms with van der Waals surface area (Å²) in [7, 11) is 0. The van der Waals surface area contributed by atoms with E-state index in [1.165, 1.54) is 18.2 Å². The number of hydrogen-bond acceptors (Lipinski definition) is 2. The van der Waals surface area contributed by atoms with Crippen molar-refractivity contribution in [3.05, 3.63) is 35.4 Å². The SMILES string of the molecule is CC(O)C1CCCN(C(=O)NC2CC2c2c(F)cccc2F)C1. The van der Waals surface area contributed by atoms with Crippen molar-refractivity contribution < 1.29 is 18.7 Å². The number of nitrogens with zero attached hydrogens (tertiary/aromatic N) is 1. The molecule has 126 valence electrons. The van der Waals surface area contributed by atoms with Gasteiger partial charge in [-0.25, -0.2) is 13.6 Å². The normalized spacial score (nSPS) is 28.3. The minimum atomic E-state index is -0.557. The lowest BCUT2D eigenvalue weighted by Crippen LogP contribution is -2.48. The van der Waals surface area contributed by atoms with Gasteiger partial charge >= 0.3 is 6.03 Å². The van der Waals surface area contributed by atoms with Crippen LogP contribution in [0.4, 0.5) is 13.6 Å². The second kappa shape index (κ2) is 6.43. The van der Waals surface area contributed by atoms with Gasteiger partial charge in [-0.15, -0.1) is 0 Å². The smallest absolute Gasteiger partial charge is 0.317 e. The third-order valence-corrected chi connectivity index (χ3v) is 4.90. The van der Waals surface area contributed by atoms with E-state index in [-0.39, 0.29) is 29.5 Å². The van der Waals surface area contributed by atoms with Crippen LogP contribution in [0.15, 0.2) is 18.2 Å². The third-order valence-electron chi connectivity index (χ3n) is 4.90. The van der Waals surface area contributed by atoms with Crippen LogP contribution in [0.5, 0.6) is 0 Å². The minimum Gasteiger partial charge on any atom is -0.393 e. The molecule has 2 fully saturated rings. The highest BCUT2D eigenvalue weighted by Crippen LogP contribution is 2.43. The number of carbonyl (C=O) groups is 1. The molecule has 4 atom stereocenters. The molecule has 1 aliphatic heterocycles. The zero-order chi connectivity index (χ0) is 16.6. The number of aliphatic hydroxyl groups is 1. The maximum absolute atomic E-state index is 13.8. The van der Waals surface area contributed by atoms with Crippen LogP contribution < -0.4 is 5.32 Å². The van der Waals surface area contributed by atoms with Gasteiger partial charge in [0.15, 0.2) is 0 Å². The fraction of sp³-hybridized carbons (Fsp3) is 0.588. The molecule has 1 aliphatic carbocycles. The number of likely N-dealkylation sites (tertiary alicyclic amines) is 1. The van der Waals surface area contributed by atoms with Crippen LogP contribution >= 0.6 is 0 Å². The highest BCUT2D eigenvalue weighted by atomic mass is 19.1. The maximum atomic E-state index is 13.8. The summed E-state index contributed by atoms with van der Waals surface area (Å²) in [4.78, 5) is 14.0. The van der Waals surface area contributed by atoms with Gasteiger partial charge in [-0.1, -0.05) is 6.07 Å². The van der Waals surface area contributed by atoms with Crippen LogP contribution in [0.25, 0.3) is 0 Å². The second-order valence-corrected chi connectivity index (χ2v) is 6.62. The van der Waals surface area contributed by atoms with Gasteiger partial charge in [0.25, 0.3) is 0 Å². The summed E-state index contributed by atoms with van der Waals surface area (Å²) in [6.07, 6.45) is 1.89. The standard InChI is InChI=1S/C17H22F2N2O2/c1-10(22)11-4-3-7-21(9-11)17(23)20-15-8-12(15)16-13(18)5-2-6-14(16)19/h2,5-6,10-12,15,22H,3-4,7-9H2,1H3,(H,20,23). The highest BCUT2D eigenvalue weighted by Gasteiger charge is 2.43. The largest absolute Gasteiger partial charge is 0.393 e. The van der Waals surface area contributed by atoms with Gasteiger partial charge in [-0.3, -0.25) is 0 Å². The van der Waals surface area contributed by atoms with Crippen molar-refractivity contribution >= 4 is 6.03 Å². The van der Waals surface area contributed by atoms with Crippen LogP contribution in [-0.2, 0) is 0 Å². The average molecular weight is 324 g/mol. The number of aliphatic hydroxyl groups excluding tert-OH is 1. The van der Waals surface area contributed by atoms with E-state index in [9.17, 15) is 18.7 Å².